The minimum absolute atomic E-state index is 0.0998. The molecule has 0 aromatic heterocycles. The zero-order chi connectivity index (χ0) is 14.9. The maximum absolute atomic E-state index is 13.2. The second-order valence-corrected chi connectivity index (χ2v) is 5.34. The molecule has 0 radical (unpaired) electrons. The van der Waals surface area contributed by atoms with E-state index in [0.29, 0.717) is 17.7 Å². The largest absolute Gasteiger partial charge is 0.480 e. The van der Waals surface area contributed by atoms with Gasteiger partial charge in [0.15, 0.2) is 0 Å². The summed E-state index contributed by atoms with van der Waals surface area (Å²) in [5.74, 6) is -1.32. The number of urea groups is 1. The Hall–Kier alpha value is -2.11. The van der Waals surface area contributed by atoms with E-state index in [1.165, 1.54) is 23.1 Å². The Morgan fingerprint density at radius 1 is 1.50 bits per heavy atom. The van der Waals surface area contributed by atoms with Gasteiger partial charge in [-0.15, -0.1) is 0 Å². The highest BCUT2D eigenvalue weighted by Gasteiger charge is 2.33. The number of carboxylic acid groups (broad SMARTS) is 1. The van der Waals surface area contributed by atoms with Crippen LogP contribution in [0.4, 0.5) is 14.9 Å². The van der Waals surface area contributed by atoms with Crippen molar-refractivity contribution in [2.45, 2.75) is 32.9 Å². The van der Waals surface area contributed by atoms with Gasteiger partial charge >= 0.3 is 12.0 Å². The number of nitrogens with one attached hydrogen (secondary N) is 1. The third kappa shape index (κ3) is 2.89. The van der Waals surface area contributed by atoms with Crippen LogP contribution in [0.5, 0.6) is 0 Å². The highest BCUT2D eigenvalue weighted by Crippen LogP contribution is 2.27. The van der Waals surface area contributed by atoms with Crippen molar-refractivity contribution in [3.8, 4) is 0 Å². The van der Waals surface area contributed by atoms with Crippen molar-refractivity contribution >= 4 is 17.7 Å². The molecule has 0 aliphatic carbocycles. The van der Waals surface area contributed by atoms with Gasteiger partial charge in [0.25, 0.3) is 0 Å². The van der Waals surface area contributed by atoms with Gasteiger partial charge in [-0.1, -0.05) is 13.8 Å². The van der Waals surface area contributed by atoms with Crippen molar-refractivity contribution in [2.24, 2.45) is 5.92 Å². The third-order valence-electron chi connectivity index (χ3n) is 3.27. The molecule has 0 saturated heterocycles. The molecule has 2 amide bonds. The summed E-state index contributed by atoms with van der Waals surface area (Å²) < 4.78 is 13.2. The molecular weight excluding hydrogens is 263 g/mol. The SMILES string of the molecule is CC(C)CC(C(=O)O)N1Cc2cc(F)ccc2NC1=O. The predicted octanol–water partition coefficient (Wildman–Crippen LogP) is 2.67. The maximum atomic E-state index is 13.2. The molecule has 1 heterocycles. The number of fused-ring (bicyclic) bond motifs is 1. The fourth-order valence-corrected chi connectivity index (χ4v) is 2.32. The summed E-state index contributed by atoms with van der Waals surface area (Å²) in [6.45, 7) is 3.89. The standard InChI is InChI=1S/C14H17FN2O3/c1-8(2)5-12(13(18)19)17-7-9-6-10(15)3-4-11(9)16-14(17)20/h3-4,6,8,12H,5,7H2,1-2H3,(H,16,20)(H,18,19). The topological polar surface area (TPSA) is 69.6 Å². The van der Waals surface area contributed by atoms with Crippen LogP contribution in [0.15, 0.2) is 18.2 Å². The number of hydrogen-bond acceptors (Lipinski definition) is 2. The van der Waals surface area contributed by atoms with Gasteiger partial charge in [0.05, 0.1) is 6.54 Å². The Labute approximate surface area is 116 Å². The fraction of sp³-hybridized carbons (Fsp3) is 0.429. The second-order valence-electron chi connectivity index (χ2n) is 5.34. The third-order valence-corrected chi connectivity index (χ3v) is 3.27. The Balaban J connectivity index is 2.28. The van der Waals surface area contributed by atoms with Crippen LogP contribution in [0, 0.1) is 11.7 Å². The average Bonchev–Trinajstić information content (AvgIpc) is 2.35. The first-order valence-corrected chi connectivity index (χ1v) is 6.47. The van der Waals surface area contributed by atoms with E-state index >= 15 is 0 Å². The molecule has 20 heavy (non-hydrogen) atoms. The molecule has 108 valence electrons. The summed E-state index contributed by atoms with van der Waals surface area (Å²) in [6, 6.07) is 2.69. The molecule has 2 N–H and O–H groups in total. The summed E-state index contributed by atoms with van der Waals surface area (Å²) in [6.07, 6.45) is 0.355. The van der Waals surface area contributed by atoms with Gasteiger partial charge in [-0.2, -0.15) is 0 Å². The monoisotopic (exact) mass is 280 g/mol. The maximum Gasteiger partial charge on any atom is 0.326 e. The molecule has 0 spiro atoms. The number of aliphatic carboxylic acids is 1. The first kappa shape index (κ1) is 14.3. The quantitative estimate of drug-likeness (QED) is 0.890. The number of rotatable bonds is 4. The van der Waals surface area contributed by atoms with Crippen LogP contribution in [0.2, 0.25) is 0 Å². The van der Waals surface area contributed by atoms with Crippen LogP contribution in [0.1, 0.15) is 25.8 Å². The van der Waals surface area contributed by atoms with Crippen molar-refractivity contribution in [3.63, 3.8) is 0 Å². The summed E-state index contributed by atoms with van der Waals surface area (Å²) in [5, 5.41) is 11.9. The van der Waals surface area contributed by atoms with Crippen LogP contribution in [0.3, 0.4) is 0 Å². The fourth-order valence-electron chi connectivity index (χ4n) is 2.32. The Kier molecular flexibility index (Phi) is 3.92. The van der Waals surface area contributed by atoms with E-state index in [4.69, 9.17) is 0 Å². The molecule has 6 heteroatoms. The highest BCUT2D eigenvalue weighted by atomic mass is 19.1. The lowest BCUT2D eigenvalue weighted by molar-refractivity contribution is -0.142. The van der Waals surface area contributed by atoms with Crippen LogP contribution in [-0.4, -0.2) is 28.0 Å². The van der Waals surface area contributed by atoms with E-state index in [-0.39, 0.29) is 12.5 Å². The minimum atomic E-state index is -1.05. The molecule has 1 aromatic carbocycles. The van der Waals surface area contributed by atoms with Gasteiger partial charge in [-0.3, -0.25) is 0 Å². The lowest BCUT2D eigenvalue weighted by atomic mass is 10.0. The van der Waals surface area contributed by atoms with E-state index in [2.05, 4.69) is 5.32 Å². The zero-order valence-corrected chi connectivity index (χ0v) is 11.4. The number of nitrogens with zero attached hydrogens (tertiary/aromatic N) is 1. The van der Waals surface area contributed by atoms with E-state index < -0.39 is 23.9 Å². The lowest BCUT2D eigenvalue weighted by Gasteiger charge is -2.34. The molecule has 1 aliphatic heterocycles. The smallest absolute Gasteiger partial charge is 0.326 e. The number of amides is 2. The lowest BCUT2D eigenvalue weighted by Crippen LogP contribution is -2.49. The van der Waals surface area contributed by atoms with Crippen molar-refractivity contribution in [1.82, 2.24) is 4.90 Å². The molecule has 2 rings (SSSR count). The van der Waals surface area contributed by atoms with Crippen molar-refractivity contribution < 1.29 is 19.1 Å². The van der Waals surface area contributed by atoms with Gasteiger partial charge in [0.1, 0.15) is 11.9 Å². The normalized spacial score (nSPS) is 15.8. The Morgan fingerprint density at radius 3 is 2.80 bits per heavy atom. The van der Waals surface area contributed by atoms with Crippen molar-refractivity contribution in [1.29, 1.82) is 0 Å². The summed E-state index contributed by atoms with van der Waals surface area (Å²) in [5.41, 5.74) is 1.11. The molecule has 0 saturated carbocycles. The summed E-state index contributed by atoms with van der Waals surface area (Å²) in [7, 11) is 0. The number of carbonyl (C=O) groups excluding carboxylic acids is 1. The first-order valence-electron chi connectivity index (χ1n) is 6.47. The number of carbonyl (C=O) groups is 2. The van der Waals surface area contributed by atoms with Crippen molar-refractivity contribution in [3.05, 3.63) is 29.6 Å². The van der Waals surface area contributed by atoms with Crippen LogP contribution >= 0.6 is 0 Å². The first-order chi connectivity index (χ1) is 9.38. The van der Waals surface area contributed by atoms with Crippen LogP contribution in [0.25, 0.3) is 0 Å². The van der Waals surface area contributed by atoms with Gasteiger partial charge in [0, 0.05) is 5.69 Å². The predicted molar refractivity (Wildman–Crippen MR) is 71.8 cm³/mol. The molecule has 1 aliphatic rings. The number of carboxylic acids is 1. The van der Waals surface area contributed by atoms with E-state index in [0.717, 1.165) is 0 Å². The van der Waals surface area contributed by atoms with Gasteiger partial charge in [0.2, 0.25) is 0 Å². The average molecular weight is 280 g/mol. The Morgan fingerprint density at radius 2 is 2.20 bits per heavy atom. The molecule has 1 aromatic rings. The number of hydrogen-bond donors (Lipinski definition) is 2. The molecular formula is C14H17FN2O3. The molecule has 1 atom stereocenters. The summed E-state index contributed by atoms with van der Waals surface area (Å²) in [4.78, 5) is 24.6. The molecule has 0 bridgehead atoms. The highest BCUT2D eigenvalue weighted by molar-refractivity contribution is 5.94. The number of benzene rings is 1. The number of anilines is 1. The van der Waals surface area contributed by atoms with Crippen LogP contribution in [-0.2, 0) is 11.3 Å². The molecule has 0 fully saturated rings. The van der Waals surface area contributed by atoms with E-state index in [1.54, 1.807) is 0 Å². The zero-order valence-electron chi connectivity index (χ0n) is 11.4. The molecule has 5 nitrogen and oxygen atoms in total. The van der Waals surface area contributed by atoms with E-state index in [1.807, 2.05) is 13.8 Å². The second kappa shape index (κ2) is 5.48. The van der Waals surface area contributed by atoms with Crippen LogP contribution < -0.4 is 5.32 Å². The Bertz CT molecular complexity index is 545. The van der Waals surface area contributed by atoms with Gasteiger partial charge < -0.3 is 15.3 Å². The van der Waals surface area contributed by atoms with Gasteiger partial charge in [-0.25, -0.2) is 14.0 Å². The molecule has 1 unspecified atom stereocenters. The minimum Gasteiger partial charge on any atom is -0.480 e. The number of halogens is 1. The summed E-state index contributed by atoms with van der Waals surface area (Å²) >= 11 is 0. The van der Waals surface area contributed by atoms with E-state index in [9.17, 15) is 19.1 Å². The van der Waals surface area contributed by atoms with Gasteiger partial charge in [-0.05, 0) is 36.1 Å². The van der Waals surface area contributed by atoms with Crippen molar-refractivity contribution in [2.75, 3.05) is 5.32 Å².